The largest absolute Gasteiger partial charge is 0.494 e. The molecule has 0 spiro atoms. The molecule has 3 rings (SSSR count). The van der Waals surface area contributed by atoms with Crippen molar-refractivity contribution in [2.75, 3.05) is 26.2 Å². The Morgan fingerprint density at radius 1 is 1.00 bits per heavy atom. The van der Waals surface area contributed by atoms with Gasteiger partial charge in [0.2, 0.25) is 0 Å². The van der Waals surface area contributed by atoms with Crippen LogP contribution in [0, 0.1) is 0 Å². The Balaban J connectivity index is 1.77. The highest BCUT2D eigenvalue weighted by Crippen LogP contribution is 2.25. The summed E-state index contributed by atoms with van der Waals surface area (Å²) in [4.78, 5) is 15.7. The van der Waals surface area contributed by atoms with Crippen molar-refractivity contribution >= 4 is 5.78 Å². The number of carbonyl (C=O) groups is 1. The monoisotopic (exact) mass is 351 g/mol. The normalized spacial score (nSPS) is 16.2. The Morgan fingerprint density at radius 2 is 1.69 bits per heavy atom. The van der Waals surface area contributed by atoms with Crippen molar-refractivity contribution in [2.24, 2.45) is 0 Å². The Kier molecular flexibility index (Phi) is 6.84. The van der Waals surface area contributed by atoms with Crippen molar-refractivity contribution in [3.05, 3.63) is 65.7 Å². The van der Waals surface area contributed by atoms with Crippen LogP contribution in [0.4, 0.5) is 0 Å². The predicted octanol–water partition coefficient (Wildman–Crippen LogP) is 4.93. The molecule has 0 saturated carbocycles. The molecule has 1 heterocycles. The van der Waals surface area contributed by atoms with E-state index in [1.807, 2.05) is 42.5 Å². The van der Waals surface area contributed by atoms with Gasteiger partial charge >= 0.3 is 0 Å². The Hall–Kier alpha value is -2.13. The summed E-state index contributed by atoms with van der Waals surface area (Å²) < 4.78 is 5.64. The summed E-state index contributed by atoms with van der Waals surface area (Å²) in [5.74, 6) is 0.913. The van der Waals surface area contributed by atoms with Gasteiger partial charge in [0.05, 0.1) is 12.5 Å². The zero-order valence-electron chi connectivity index (χ0n) is 15.7. The Morgan fingerprint density at radius 3 is 2.35 bits per heavy atom. The molecule has 1 atom stereocenters. The molecule has 0 aromatic heterocycles. The third kappa shape index (κ3) is 4.95. The van der Waals surface area contributed by atoms with E-state index in [1.54, 1.807) is 0 Å². The zero-order valence-corrected chi connectivity index (χ0v) is 15.7. The minimum Gasteiger partial charge on any atom is -0.494 e. The van der Waals surface area contributed by atoms with E-state index in [4.69, 9.17) is 4.74 Å². The topological polar surface area (TPSA) is 29.5 Å². The van der Waals surface area contributed by atoms with E-state index in [2.05, 4.69) is 24.0 Å². The number of hydrogen-bond acceptors (Lipinski definition) is 3. The van der Waals surface area contributed by atoms with Gasteiger partial charge in [0.1, 0.15) is 5.75 Å². The SMILES string of the molecule is CCCOc1ccc(C(=O)C(CN2CCCCC2)c2ccccc2)cc1. The molecule has 3 heteroatoms. The van der Waals surface area contributed by atoms with Gasteiger partial charge in [-0.25, -0.2) is 0 Å². The summed E-state index contributed by atoms with van der Waals surface area (Å²) in [7, 11) is 0. The van der Waals surface area contributed by atoms with Gasteiger partial charge in [-0.3, -0.25) is 4.79 Å². The number of ketones is 1. The molecule has 0 amide bonds. The van der Waals surface area contributed by atoms with E-state index < -0.39 is 0 Å². The first kappa shape index (κ1) is 18.7. The average molecular weight is 351 g/mol. The highest BCUT2D eigenvalue weighted by atomic mass is 16.5. The number of likely N-dealkylation sites (tertiary alicyclic amines) is 1. The molecule has 1 fully saturated rings. The van der Waals surface area contributed by atoms with Crippen LogP contribution in [-0.2, 0) is 0 Å². The lowest BCUT2D eigenvalue weighted by Gasteiger charge is -2.30. The molecule has 3 nitrogen and oxygen atoms in total. The molecule has 26 heavy (non-hydrogen) atoms. The third-order valence-corrected chi connectivity index (χ3v) is 5.02. The first-order chi connectivity index (χ1) is 12.8. The van der Waals surface area contributed by atoms with Crippen LogP contribution in [-0.4, -0.2) is 36.9 Å². The minimum absolute atomic E-state index is 0.114. The number of rotatable bonds is 8. The fourth-order valence-corrected chi connectivity index (χ4v) is 3.56. The van der Waals surface area contributed by atoms with E-state index in [0.29, 0.717) is 6.61 Å². The van der Waals surface area contributed by atoms with Gasteiger partial charge in [0.25, 0.3) is 0 Å². The molecule has 0 bridgehead atoms. The predicted molar refractivity (Wildman–Crippen MR) is 106 cm³/mol. The van der Waals surface area contributed by atoms with Gasteiger partial charge < -0.3 is 9.64 Å². The van der Waals surface area contributed by atoms with Gasteiger partial charge in [-0.1, -0.05) is 43.7 Å². The quantitative estimate of drug-likeness (QED) is 0.632. The maximum atomic E-state index is 13.3. The number of ether oxygens (including phenoxy) is 1. The fourth-order valence-electron chi connectivity index (χ4n) is 3.56. The second-order valence-electron chi connectivity index (χ2n) is 7.06. The molecule has 1 unspecified atom stereocenters. The third-order valence-electron chi connectivity index (χ3n) is 5.02. The second-order valence-corrected chi connectivity index (χ2v) is 7.06. The summed E-state index contributed by atoms with van der Waals surface area (Å²) in [5.41, 5.74) is 1.87. The summed E-state index contributed by atoms with van der Waals surface area (Å²) in [6.07, 6.45) is 4.75. The zero-order chi connectivity index (χ0) is 18.2. The van der Waals surface area contributed by atoms with Crippen molar-refractivity contribution in [3.8, 4) is 5.75 Å². The molecular formula is C23H29NO2. The van der Waals surface area contributed by atoms with Crippen molar-refractivity contribution < 1.29 is 9.53 Å². The van der Waals surface area contributed by atoms with Crippen molar-refractivity contribution in [1.82, 2.24) is 4.90 Å². The molecule has 1 saturated heterocycles. The van der Waals surface area contributed by atoms with Gasteiger partial charge in [0.15, 0.2) is 5.78 Å². The molecule has 0 aliphatic carbocycles. The summed E-state index contributed by atoms with van der Waals surface area (Å²) in [6.45, 7) is 5.79. The van der Waals surface area contributed by atoms with Crippen molar-refractivity contribution in [2.45, 2.75) is 38.5 Å². The van der Waals surface area contributed by atoms with E-state index in [-0.39, 0.29) is 11.7 Å². The Bertz CT molecular complexity index is 675. The van der Waals surface area contributed by atoms with Crippen LogP contribution in [0.3, 0.4) is 0 Å². The fraction of sp³-hybridized carbons (Fsp3) is 0.435. The van der Waals surface area contributed by atoms with Crippen LogP contribution in [0.1, 0.15) is 54.4 Å². The number of Topliss-reactive ketones (excluding diaryl/α,β-unsaturated/α-hetero) is 1. The van der Waals surface area contributed by atoms with E-state index >= 15 is 0 Å². The van der Waals surface area contributed by atoms with Gasteiger partial charge in [-0.2, -0.15) is 0 Å². The number of hydrogen-bond donors (Lipinski definition) is 0. The standard InChI is InChI=1S/C23H29NO2/c1-2-17-26-21-13-11-20(12-14-21)23(25)22(19-9-5-3-6-10-19)18-24-15-7-4-8-16-24/h3,5-6,9-14,22H,2,4,7-8,15-18H2,1H3. The van der Waals surface area contributed by atoms with Crippen LogP contribution in [0.25, 0.3) is 0 Å². The maximum Gasteiger partial charge on any atom is 0.171 e. The molecule has 138 valence electrons. The van der Waals surface area contributed by atoms with E-state index in [0.717, 1.165) is 42.9 Å². The summed E-state index contributed by atoms with van der Waals surface area (Å²) in [5, 5.41) is 0. The summed E-state index contributed by atoms with van der Waals surface area (Å²) >= 11 is 0. The van der Waals surface area contributed by atoms with Crippen LogP contribution >= 0.6 is 0 Å². The summed E-state index contributed by atoms with van der Waals surface area (Å²) in [6, 6.07) is 17.8. The van der Waals surface area contributed by atoms with Crippen LogP contribution in [0.2, 0.25) is 0 Å². The lowest BCUT2D eigenvalue weighted by Crippen LogP contribution is -2.35. The molecular weight excluding hydrogens is 322 g/mol. The minimum atomic E-state index is -0.114. The number of nitrogens with zero attached hydrogens (tertiary/aromatic N) is 1. The Labute approximate surface area is 157 Å². The van der Waals surface area contributed by atoms with E-state index in [9.17, 15) is 4.79 Å². The number of carbonyl (C=O) groups excluding carboxylic acids is 1. The first-order valence-electron chi connectivity index (χ1n) is 9.82. The molecule has 0 radical (unpaired) electrons. The molecule has 1 aliphatic heterocycles. The average Bonchev–Trinajstić information content (AvgIpc) is 2.72. The van der Waals surface area contributed by atoms with Gasteiger partial charge in [-0.15, -0.1) is 0 Å². The smallest absolute Gasteiger partial charge is 0.171 e. The van der Waals surface area contributed by atoms with Crippen molar-refractivity contribution in [3.63, 3.8) is 0 Å². The van der Waals surface area contributed by atoms with Crippen molar-refractivity contribution in [1.29, 1.82) is 0 Å². The van der Waals surface area contributed by atoms with Gasteiger partial charge in [0, 0.05) is 12.1 Å². The number of benzene rings is 2. The highest BCUT2D eigenvalue weighted by Gasteiger charge is 2.25. The number of piperidine rings is 1. The van der Waals surface area contributed by atoms with E-state index in [1.165, 1.54) is 19.3 Å². The lowest BCUT2D eigenvalue weighted by atomic mass is 9.89. The second kappa shape index (κ2) is 9.54. The van der Waals surface area contributed by atoms with Crippen LogP contribution in [0.5, 0.6) is 5.75 Å². The van der Waals surface area contributed by atoms with Gasteiger partial charge in [-0.05, 0) is 62.2 Å². The highest BCUT2D eigenvalue weighted by molar-refractivity contribution is 6.01. The maximum absolute atomic E-state index is 13.3. The van der Waals surface area contributed by atoms with Crippen LogP contribution < -0.4 is 4.74 Å². The first-order valence-corrected chi connectivity index (χ1v) is 9.82. The lowest BCUT2D eigenvalue weighted by molar-refractivity contribution is 0.0925. The molecule has 1 aliphatic rings. The molecule has 2 aromatic carbocycles. The molecule has 0 N–H and O–H groups in total. The molecule has 2 aromatic rings. The van der Waals surface area contributed by atoms with Crippen LogP contribution in [0.15, 0.2) is 54.6 Å².